The molecule has 0 heterocycles. The van der Waals surface area contributed by atoms with E-state index in [-0.39, 0.29) is 18.7 Å². The summed E-state index contributed by atoms with van der Waals surface area (Å²) in [4.78, 5) is 31.6. The average Bonchev–Trinajstić information content (AvgIpc) is 2.37. The molecule has 5 N–H and O–H groups in total. The first-order chi connectivity index (χ1) is 9.43. The Balaban J connectivity index is 2.74. The van der Waals surface area contributed by atoms with Gasteiger partial charge >= 0.3 is 12.0 Å². The number of carbonyl (C=O) groups excluding carboxylic acids is 1. The first kappa shape index (κ1) is 15.4. The van der Waals surface area contributed by atoms with E-state index >= 15 is 0 Å². The molecule has 0 aliphatic heterocycles. The smallest absolute Gasteiger partial charge is 0.343 e. The lowest BCUT2D eigenvalue weighted by atomic mass is 10.1. The van der Waals surface area contributed by atoms with Gasteiger partial charge < -0.3 is 21.5 Å². The van der Waals surface area contributed by atoms with Gasteiger partial charge in [0.1, 0.15) is 5.56 Å². The second-order valence-electron chi connectivity index (χ2n) is 3.84. The van der Waals surface area contributed by atoms with E-state index in [1.807, 2.05) is 0 Å². The molecule has 2 amide bonds. The van der Waals surface area contributed by atoms with Gasteiger partial charge in [0.2, 0.25) is 0 Å². The number of aromatic carboxylic acids is 1. The van der Waals surface area contributed by atoms with E-state index in [1.165, 1.54) is 12.1 Å². The van der Waals surface area contributed by atoms with Crippen LogP contribution in [0.15, 0.2) is 18.2 Å². The molecule has 1 rings (SSSR count). The highest BCUT2D eigenvalue weighted by atomic mass is 16.6. The van der Waals surface area contributed by atoms with Crippen LogP contribution in [0.3, 0.4) is 0 Å². The molecule has 0 saturated heterocycles. The molecule has 20 heavy (non-hydrogen) atoms. The molecule has 0 atom stereocenters. The van der Waals surface area contributed by atoms with Crippen molar-refractivity contribution in [2.24, 2.45) is 5.73 Å². The predicted octanol–water partition coefficient (Wildman–Crippen LogP) is 0.0509. The summed E-state index contributed by atoms with van der Waals surface area (Å²) in [6, 6.07) is 3.39. The van der Waals surface area contributed by atoms with Gasteiger partial charge in [0.15, 0.2) is 0 Å². The number of primary amides is 1. The number of hydrogen-bond acceptors (Lipinski definition) is 5. The molecule has 0 saturated carbocycles. The van der Waals surface area contributed by atoms with Crippen molar-refractivity contribution < 1.29 is 19.6 Å². The number of hydrogen-bond donors (Lipinski definition) is 4. The number of carboxylic acids is 1. The van der Waals surface area contributed by atoms with E-state index in [0.717, 1.165) is 6.07 Å². The Bertz CT molecular complexity index is 532. The molecule has 9 heteroatoms. The van der Waals surface area contributed by atoms with E-state index < -0.39 is 22.6 Å². The Hall–Kier alpha value is -2.68. The van der Waals surface area contributed by atoms with Crippen molar-refractivity contribution in [3.05, 3.63) is 39.4 Å². The highest BCUT2D eigenvalue weighted by Gasteiger charge is 2.22. The summed E-state index contributed by atoms with van der Waals surface area (Å²) in [6.07, 6.45) is 0. The summed E-state index contributed by atoms with van der Waals surface area (Å²) >= 11 is 0. The van der Waals surface area contributed by atoms with Crippen molar-refractivity contribution in [1.82, 2.24) is 10.6 Å². The predicted molar refractivity (Wildman–Crippen MR) is 69.3 cm³/mol. The SMILES string of the molecule is NC(=O)NCCNCc1cccc([N+](=O)[O-])c1C(=O)O. The number of nitro benzene ring substituents is 1. The summed E-state index contributed by atoms with van der Waals surface area (Å²) in [5.41, 5.74) is 4.38. The molecule has 0 aliphatic rings. The van der Waals surface area contributed by atoms with E-state index in [1.54, 1.807) is 0 Å². The van der Waals surface area contributed by atoms with Gasteiger partial charge in [-0.2, -0.15) is 0 Å². The third-order valence-electron chi connectivity index (χ3n) is 2.46. The van der Waals surface area contributed by atoms with Gasteiger partial charge in [0.25, 0.3) is 5.69 Å². The van der Waals surface area contributed by atoms with Crippen LogP contribution < -0.4 is 16.4 Å². The Morgan fingerprint density at radius 1 is 1.35 bits per heavy atom. The van der Waals surface area contributed by atoms with E-state index in [2.05, 4.69) is 10.6 Å². The lowest BCUT2D eigenvalue weighted by Gasteiger charge is -2.08. The molecule has 0 aliphatic carbocycles. The maximum Gasteiger partial charge on any atom is 0.343 e. The maximum absolute atomic E-state index is 11.1. The summed E-state index contributed by atoms with van der Waals surface area (Å²) in [5.74, 6) is -1.36. The fourth-order valence-corrected chi connectivity index (χ4v) is 1.63. The molecule has 0 fully saturated rings. The number of nitro groups is 1. The third-order valence-corrected chi connectivity index (χ3v) is 2.46. The minimum absolute atomic E-state index is 0.129. The van der Waals surface area contributed by atoms with E-state index in [9.17, 15) is 19.7 Å². The number of benzene rings is 1. The standard InChI is InChI=1S/C11H14N4O5/c12-11(18)14-5-4-13-6-7-2-1-3-8(15(19)20)9(7)10(16)17/h1-3,13H,4-6H2,(H,16,17)(H3,12,14,18). The Morgan fingerprint density at radius 3 is 2.60 bits per heavy atom. The van der Waals surface area contributed by atoms with Crippen LogP contribution in [0.25, 0.3) is 0 Å². The fourth-order valence-electron chi connectivity index (χ4n) is 1.63. The van der Waals surface area contributed by atoms with Crippen LogP contribution >= 0.6 is 0 Å². The van der Waals surface area contributed by atoms with Gasteiger partial charge in [-0.15, -0.1) is 0 Å². The minimum Gasteiger partial charge on any atom is -0.477 e. The first-order valence-corrected chi connectivity index (χ1v) is 5.67. The topological polar surface area (TPSA) is 148 Å². The first-order valence-electron chi connectivity index (χ1n) is 5.67. The summed E-state index contributed by atoms with van der Waals surface area (Å²) < 4.78 is 0. The van der Waals surface area contributed by atoms with Gasteiger partial charge in [-0.1, -0.05) is 12.1 Å². The fraction of sp³-hybridized carbons (Fsp3) is 0.273. The van der Waals surface area contributed by atoms with Crippen LogP contribution in [0.5, 0.6) is 0 Å². The number of rotatable bonds is 7. The molecular weight excluding hydrogens is 268 g/mol. The van der Waals surface area contributed by atoms with Crippen LogP contribution in [0.4, 0.5) is 10.5 Å². The third kappa shape index (κ3) is 4.21. The van der Waals surface area contributed by atoms with Crippen LogP contribution in [0, 0.1) is 10.1 Å². The monoisotopic (exact) mass is 282 g/mol. The van der Waals surface area contributed by atoms with Crippen molar-refractivity contribution in [2.75, 3.05) is 13.1 Å². The summed E-state index contributed by atoms with van der Waals surface area (Å²) in [6.45, 7) is 0.751. The van der Waals surface area contributed by atoms with Crippen molar-refractivity contribution in [3.8, 4) is 0 Å². The van der Waals surface area contributed by atoms with E-state index in [0.29, 0.717) is 12.1 Å². The number of nitrogens with one attached hydrogen (secondary N) is 2. The highest BCUT2D eigenvalue weighted by Crippen LogP contribution is 2.22. The molecule has 0 aromatic heterocycles. The Morgan fingerprint density at radius 2 is 2.05 bits per heavy atom. The molecule has 0 unspecified atom stereocenters. The van der Waals surface area contributed by atoms with Crippen molar-refractivity contribution in [3.63, 3.8) is 0 Å². The molecule has 0 radical (unpaired) electrons. The highest BCUT2D eigenvalue weighted by molar-refractivity contribution is 5.94. The zero-order chi connectivity index (χ0) is 15.1. The quantitative estimate of drug-likeness (QED) is 0.315. The molecule has 0 spiro atoms. The van der Waals surface area contributed by atoms with Gasteiger partial charge in [-0.25, -0.2) is 9.59 Å². The summed E-state index contributed by atoms with van der Waals surface area (Å²) in [5, 5.41) is 25.1. The average molecular weight is 282 g/mol. The molecule has 9 nitrogen and oxygen atoms in total. The van der Waals surface area contributed by atoms with Gasteiger partial charge in [0.05, 0.1) is 4.92 Å². The number of nitrogens with zero attached hydrogens (tertiary/aromatic N) is 1. The van der Waals surface area contributed by atoms with Gasteiger partial charge in [-0.3, -0.25) is 10.1 Å². The van der Waals surface area contributed by atoms with Crippen LogP contribution in [-0.2, 0) is 6.54 Å². The molecule has 108 valence electrons. The second kappa shape index (κ2) is 7.04. The normalized spacial score (nSPS) is 10.0. The zero-order valence-corrected chi connectivity index (χ0v) is 10.5. The maximum atomic E-state index is 11.1. The lowest BCUT2D eigenvalue weighted by molar-refractivity contribution is -0.385. The zero-order valence-electron chi connectivity index (χ0n) is 10.5. The van der Waals surface area contributed by atoms with Gasteiger partial charge in [0, 0.05) is 25.7 Å². The van der Waals surface area contributed by atoms with Crippen LogP contribution in [0.2, 0.25) is 0 Å². The van der Waals surface area contributed by atoms with Crippen molar-refractivity contribution in [2.45, 2.75) is 6.54 Å². The minimum atomic E-state index is -1.36. The molecule has 0 bridgehead atoms. The van der Waals surface area contributed by atoms with E-state index in [4.69, 9.17) is 10.8 Å². The Kier molecular flexibility index (Phi) is 5.42. The van der Waals surface area contributed by atoms with Crippen LogP contribution in [-0.4, -0.2) is 35.1 Å². The largest absolute Gasteiger partial charge is 0.477 e. The number of carbonyl (C=O) groups is 2. The number of nitrogens with two attached hydrogens (primary N) is 1. The number of urea groups is 1. The van der Waals surface area contributed by atoms with Gasteiger partial charge in [-0.05, 0) is 5.56 Å². The Labute approximate surface area is 113 Å². The second-order valence-corrected chi connectivity index (χ2v) is 3.84. The number of amides is 2. The molecule has 1 aromatic carbocycles. The molecule has 1 aromatic rings. The lowest BCUT2D eigenvalue weighted by Crippen LogP contribution is -2.35. The number of carboxylic acid groups (broad SMARTS) is 1. The molecular formula is C11H14N4O5. The summed E-state index contributed by atoms with van der Waals surface area (Å²) in [7, 11) is 0. The van der Waals surface area contributed by atoms with Crippen molar-refractivity contribution >= 4 is 17.7 Å². The van der Waals surface area contributed by atoms with Crippen LogP contribution in [0.1, 0.15) is 15.9 Å². The van der Waals surface area contributed by atoms with Crippen molar-refractivity contribution in [1.29, 1.82) is 0 Å².